The molecule has 2 heterocycles. The molecule has 0 N–H and O–H groups in total. The van der Waals surface area contributed by atoms with Gasteiger partial charge in [0.1, 0.15) is 0 Å². The second kappa shape index (κ2) is 12.0. The smallest absolute Gasteiger partial charge is 0.278 e. The van der Waals surface area contributed by atoms with Gasteiger partial charge in [-0.3, -0.25) is 14.9 Å². The Hall–Kier alpha value is -4.97. The topological polar surface area (TPSA) is 70.1 Å². The number of hydrogen-bond donors (Lipinski definition) is 0. The SMILES string of the molecule is C=Cc1ccc(-n2c(-c3ccc4c(c3)c3cc(C(C)=O)ccc3n4CC(CC)CCCC)cc3c([N+](=O)[O-])cccc32)cc1. The molecule has 0 aliphatic rings. The lowest BCUT2D eigenvalue weighted by molar-refractivity contribution is -0.383. The molecule has 6 nitrogen and oxygen atoms in total. The summed E-state index contributed by atoms with van der Waals surface area (Å²) in [5, 5.41) is 14.7. The minimum atomic E-state index is -0.319. The molecule has 0 saturated carbocycles. The highest BCUT2D eigenvalue weighted by Gasteiger charge is 2.22. The molecular weight excluding hydrogens is 546 g/mol. The molecule has 2 aromatic heterocycles. The highest BCUT2D eigenvalue weighted by Crippen LogP contribution is 2.39. The second-order valence-electron chi connectivity index (χ2n) is 11.7. The monoisotopic (exact) mass is 583 g/mol. The lowest BCUT2D eigenvalue weighted by Gasteiger charge is -2.17. The number of nitro groups is 1. The molecule has 1 unspecified atom stereocenters. The van der Waals surface area contributed by atoms with Gasteiger partial charge in [-0.15, -0.1) is 0 Å². The highest BCUT2D eigenvalue weighted by atomic mass is 16.6. The first kappa shape index (κ1) is 29.1. The number of benzene rings is 4. The second-order valence-corrected chi connectivity index (χ2v) is 11.7. The standard InChI is InChI=1S/C38H37N3O3/c1-5-8-10-27(7-3)24-39-34-19-15-28(25(4)42)21-31(34)32-22-29(16-20-35(32)39)38-23-33-36(11-9-12-37(33)41(43)44)40(38)30-17-13-26(6-2)14-18-30/h6,9,11-23,27H,2,5,7-8,10,24H2,1,3-4H3. The summed E-state index contributed by atoms with van der Waals surface area (Å²) >= 11 is 0. The molecule has 6 heteroatoms. The summed E-state index contributed by atoms with van der Waals surface area (Å²) < 4.78 is 4.50. The average Bonchev–Trinajstić information content (AvgIpc) is 3.58. The van der Waals surface area contributed by atoms with Crippen LogP contribution in [0.3, 0.4) is 0 Å². The van der Waals surface area contributed by atoms with E-state index in [-0.39, 0.29) is 16.4 Å². The van der Waals surface area contributed by atoms with Crippen LogP contribution < -0.4 is 0 Å². The average molecular weight is 584 g/mol. The lowest BCUT2D eigenvalue weighted by Crippen LogP contribution is -2.10. The summed E-state index contributed by atoms with van der Waals surface area (Å²) in [7, 11) is 0. The Bertz CT molecular complexity index is 2050. The zero-order valence-electron chi connectivity index (χ0n) is 25.5. The van der Waals surface area contributed by atoms with Gasteiger partial charge in [0.25, 0.3) is 5.69 Å². The first-order valence-corrected chi connectivity index (χ1v) is 15.4. The Morgan fingerprint density at radius 3 is 2.30 bits per heavy atom. The Morgan fingerprint density at radius 1 is 0.909 bits per heavy atom. The van der Waals surface area contributed by atoms with Crippen LogP contribution >= 0.6 is 0 Å². The fourth-order valence-electron chi connectivity index (χ4n) is 6.48. The number of nitro benzene ring substituents is 1. The molecule has 0 radical (unpaired) electrons. The summed E-state index contributed by atoms with van der Waals surface area (Å²) in [5.41, 5.74) is 7.49. The van der Waals surface area contributed by atoms with Gasteiger partial charge in [-0.05, 0) is 85.0 Å². The van der Waals surface area contributed by atoms with Crippen molar-refractivity contribution in [1.29, 1.82) is 0 Å². The minimum absolute atomic E-state index is 0.0359. The molecule has 222 valence electrons. The third-order valence-corrected chi connectivity index (χ3v) is 8.96. The minimum Gasteiger partial charge on any atom is -0.340 e. The summed E-state index contributed by atoms with van der Waals surface area (Å²) in [5.74, 6) is 0.594. The molecule has 0 aliphatic heterocycles. The van der Waals surface area contributed by atoms with E-state index >= 15 is 0 Å². The quantitative estimate of drug-likeness (QED) is 0.0865. The van der Waals surface area contributed by atoms with E-state index in [9.17, 15) is 14.9 Å². The predicted octanol–water partition coefficient (Wildman–Crippen LogP) is 10.4. The molecule has 0 saturated heterocycles. The van der Waals surface area contributed by atoms with E-state index in [2.05, 4.69) is 53.8 Å². The maximum absolute atomic E-state index is 12.4. The molecule has 0 bridgehead atoms. The predicted molar refractivity (Wildman–Crippen MR) is 182 cm³/mol. The Kier molecular flexibility index (Phi) is 7.92. The highest BCUT2D eigenvalue weighted by molar-refractivity contribution is 6.12. The third-order valence-electron chi connectivity index (χ3n) is 8.96. The number of Topliss-reactive ketones (excluding diaryl/α,β-unsaturated/α-hetero) is 1. The Labute approximate surface area is 257 Å². The van der Waals surface area contributed by atoms with Crippen molar-refractivity contribution < 1.29 is 9.72 Å². The number of fused-ring (bicyclic) bond motifs is 4. The number of carbonyl (C=O) groups excluding carboxylic acids is 1. The van der Waals surface area contributed by atoms with Crippen molar-refractivity contribution in [3.63, 3.8) is 0 Å². The number of carbonyl (C=O) groups is 1. The molecule has 4 aromatic carbocycles. The molecule has 0 fully saturated rings. The molecule has 0 spiro atoms. The Morgan fingerprint density at radius 2 is 1.64 bits per heavy atom. The molecule has 0 amide bonds. The fourth-order valence-corrected chi connectivity index (χ4v) is 6.48. The van der Waals surface area contributed by atoms with Crippen molar-refractivity contribution in [3.05, 3.63) is 113 Å². The van der Waals surface area contributed by atoms with E-state index in [1.54, 1.807) is 25.1 Å². The van der Waals surface area contributed by atoms with Gasteiger partial charge < -0.3 is 9.13 Å². The molecule has 0 aliphatic carbocycles. The van der Waals surface area contributed by atoms with Gasteiger partial charge in [-0.25, -0.2) is 0 Å². The van der Waals surface area contributed by atoms with Crippen LogP contribution in [-0.2, 0) is 6.54 Å². The first-order valence-electron chi connectivity index (χ1n) is 15.4. The number of aromatic nitrogens is 2. The van der Waals surface area contributed by atoms with Crippen molar-refractivity contribution in [3.8, 4) is 16.9 Å². The zero-order valence-corrected chi connectivity index (χ0v) is 25.5. The van der Waals surface area contributed by atoms with Crippen molar-refractivity contribution in [2.75, 3.05) is 0 Å². The van der Waals surface area contributed by atoms with E-state index in [1.807, 2.05) is 48.5 Å². The van der Waals surface area contributed by atoms with Crippen LogP contribution in [0.1, 0.15) is 62.4 Å². The number of rotatable bonds is 11. The molecule has 6 aromatic rings. The summed E-state index contributed by atoms with van der Waals surface area (Å²) in [6, 6.07) is 27.7. The van der Waals surface area contributed by atoms with E-state index in [0.29, 0.717) is 16.9 Å². The fraction of sp³-hybridized carbons (Fsp3) is 0.237. The zero-order chi connectivity index (χ0) is 31.0. The first-order chi connectivity index (χ1) is 21.3. The van der Waals surface area contributed by atoms with Crippen molar-refractivity contribution >= 4 is 50.3 Å². The van der Waals surface area contributed by atoms with Crippen molar-refractivity contribution in [1.82, 2.24) is 9.13 Å². The number of unbranched alkanes of at least 4 members (excludes halogenated alkanes) is 1. The van der Waals surface area contributed by atoms with Gasteiger partial charge in [0, 0.05) is 45.7 Å². The normalized spacial score (nSPS) is 12.2. The van der Waals surface area contributed by atoms with Gasteiger partial charge in [0.2, 0.25) is 0 Å². The van der Waals surface area contributed by atoms with Gasteiger partial charge in [0.05, 0.1) is 21.5 Å². The maximum Gasteiger partial charge on any atom is 0.278 e. The van der Waals surface area contributed by atoms with Crippen LogP contribution in [0.15, 0.2) is 91.5 Å². The molecule has 1 atom stereocenters. The van der Waals surface area contributed by atoms with Crippen LogP contribution in [0, 0.1) is 16.0 Å². The van der Waals surface area contributed by atoms with E-state index in [0.717, 1.165) is 62.8 Å². The maximum atomic E-state index is 12.4. The lowest BCUT2D eigenvalue weighted by atomic mass is 9.99. The van der Waals surface area contributed by atoms with Crippen LogP contribution in [0.4, 0.5) is 5.69 Å². The number of non-ortho nitro benzene ring substituents is 1. The molecule has 6 rings (SSSR count). The van der Waals surface area contributed by atoms with Gasteiger partial charge >= 0.3 is 0 Å². The van der Waals surface area contributed by atoms with Crippen LogP contribution in [0.25, 0.3) is 55.7 Å². The molecular formula is C38H37N3O3. The van der Waals surface area contributed by atoms with E-state index < -0.39 is 0 Å². The number of hydrogen-bond acceptors (Lipinski definition) is 3. The van der Waals surface area contributed by atoms with Crippen LogP contribution in [0.5, 0.6) is 0 Å². The van der Waals surface area contributed by atoms with Crippen molar-refractivity contribution in [2.45, 2.75) is 53.0 Å². The number of nitrogens with zero attached hydrogens (tertiary/aromatic N) is 3. The third kappa shape index (κ3) is 5.11. The summed E-state index contributed by atoms with van der Waals surface area (Å²) in [6.07, 6.45) is 6.47. The van der Waals surface area contributed by atoms with Crippen molar-refractivity contribution in [2.24, 2.45) is 5.92 Å². The summed E-state index contributed by atoms with van der Waals surface area (Å²) in [4.78, 5) is 24.1. The van der Waals surface area contributed by atoms with Gasteiger partial charge in [-0.1, -0.05) is 70.0 Å². The number of ketones is 1. The van der Waals surface area contributed by atoms with E-state index in [4.69, 9.17) is 0 Å². The van der Waals surface area contributed by atoms with Gasteiger partial charge in [-0.2, -0.15) is 0 Å². The van der Waals surface area contributed by atoms with Crippen LogP contribution in [0.2, 0.25) is 0 Å². The van der Waals surface area contributed by atoms with Gasteiger partial charge in [0.15, 0.2) is 5.78 Å². The summed E-state index contributed by atoms with van der Waals surface area (Å²) in [6.45, 7) is 10.9. The largest absolute Gasteiger partial charge is 0.340 e. The van der Waals surface area contributed by atoms with Crippen LogP contribution in [-0.4, -0.2) is 19.8 Å². The Balaban J connectivity index is 1.61. The van der Waals surface area contributed by atoms with E-state index in [1.165, 1.54) is 19.3 Å². The molecule has 44 heavy (non-hydrogen) atoms.